The van der Waals surface area contributed by atoms with Gasteiger partial charge in [0.1, 0.15) is 6.10 Å². The predicted molar refractivity (Wildman–Crippen MR) is 73.6 cm³/mol. The summed E-state index contributed by atoms with van der Waals surface area (Å²) in [6, 6.07) is 0. The minimum absolute atomic E-state index is 0.0937. The quantitative estimate of drug-likeness (QED) is 0.593. The highest BCUT2D eigenvalue weighted by molar-refractivity contribution is 5.07. The minimum Gasteiger partial charge on any atom is -0.396 e. The predicted octanol–water partition coefficient (Wildman–Crippen LogP) is 3.47. The topological polar surface area (TPSA) is 49.7 Å². The van der Waals surface area contributed by atoms with Crippen molar-refractivity contribution in [3.05, 3.63) is 0 Å². The van der Waals surface area contributed by atoms with Gasteiger partial charge in [0, 0.05) is 10.8 Å². The van der Waals surface area contributed by atoms with E-state index in [0.717, 1.165) is 24.2 Å². The van der Waals surface area contributed by atoms with Crippen molar-refractivity contribution in [2.45, 2.75) is 64.9 Å². The Morgan fingerprint density at radius 1 is 1.16 bits per heavy atom. The van der Waals surface area contributed by atoms with Crippen molar-refractivity contribution in [2.24, 2.45) is 28.6 Å². The van der Waals surface area contributed by atoms with Crippen LogP contribution in [0.15, 0.2) is 0 Å². The summed E-state index contributed by atoms with van der Waals surface area (Å²) >= 11 is 0. The Morgan fingerprint density at radius 3 is 1.95 bits per heavy atom. The summed E-state index contributed by atoms with van der Waals surface area (Å²) in [5.74, 6) is 2.51. The Bertz CT molecular complexity index is 300. The SMILES string of the molecule is CCC(C)(CO)C(OO)C12CC3CC(CC(C3)C1)C2. The lowest BCUT2D eigenvalue weighted by molar-refractivity contribution is -0.348. The standard InChI is InChI=1S/C16H28O3/c1-3-15(2,10-17)14(19-18)16-7-11-4-12(8-16)6-13(5-11)9-16/h11-14,17-18H,3-10H2,1-2H3. The summed E-state index contributed by atoms with van der Waals surface area (Å²) in [5.41, 5.74) is -0.197. The first-order valence-corrected chi connectivity index (χ1v) is 7.96. The van der Waals surface area contributed by atoms with Gasteiger partial charge >= 0.3 is 0 Å². The van der Waals surface area contributed by atoms with E-state index in [-0.39, 0.29) is 23.5 Å². The fourth-order valence-corrected chi connectivity index (χ4v) is 5.86. The third kappa shape index (κ3) is 2.05. The van der Waals surface area contributed by atoms with E-state index >= 15 is 0 Å². The molecule has 19 heavy (non-hydrogen) atoms. The molecule has 4 fully saturated rings. The van der Waals surface area contributed by atoms with Crippen LogP contribution in [0.25, 0.3) is 0 Å². The molecule has 4 bridgehead atoms. The molecule has 4 aliphatic rings. The van der Waals surface area contributed by atoms with Crippen LogP contribution in [0.4, 0.5) is 0 Å². The highest BCUT2D eigenvalue weighted by Gasteiger charge is 2.58. The Labute approximate surface area is 116 Å². The molecule has 3 nitrogen and oxygen atoms in total. The highest BCUT2D eigenvalue weighted by Crippen LogP contribution is 2.63. The zero-order valence-electron chi connectivity index (χ0n) is 12.3. The molecule has 0 aromatic carbocycles. The van der Waals surface area contributed by atoms with Gasteiger partial charge in [-0.3, -0.25) is 5.26 Å². The number of rotatable bonds is 5. The van der Waals surface area contributed by atoms with Crippen LogP contribution in [-0.4, -0.2) is 23.1 Å². The summed E-state index contributed by atoms with van der Waals surface area (Å²) < 4.78 is 0. The molecule has 0 aromatic rings. The summed E-state index contributed by atoms with van der Waals surface area (Å²) in [7, 11) is 0. The number of aliphatic hydroxyl groups is 1. The lowest BCUT2D eigenvalue weighted by atomic mass is 9.46. The second-order valence-electron chi connectivity index (χ2n) is 7.93. The molecule has 0 spiro atoms. The van der Waals surface area contributed by atoms with E-state index in [9.17, 15) is 10.4 Å². The van der Waals surface area contributed by atoms with Gasteiger partial charge in [0.2, 0.25) is 0 Å². The first-order valence-electron chi connectivity index (χ1n) is 7.96. The summed E-state index contributed by atoms with van der Waals surface area (Å²) in [5, 5.41) is 19.4. The van der Waals surface area contributed by atoms with E-state index in [2.05, 4.69) is 13.8 Å². The van der Waals surface area contributed by atoms with Crippen LogP contribution >= 0.6 is 0 Å². The summed E-state index contributed by atoms with van der Waals surface area (Å²) in [4.78, 5) is 5.02. The van der Waals surface area contributed by atoms with E-state index in [0.29, 0.717) is 0 Å². The Hall–Kier alpha value is -0.120. The molecule has 2 unspecified atom stereocenters. The zero-order chi connectivity index (χ0) is 13.7. The first-order chi connectivity index (χ1) is 9.05. The normalized spacial score (nSPS) is 45.2. The Morgan fingerprint density at radius 2 is 1.63 bits per heavy atom. The molecule has 4 saturated carbocycles. The molecule has 0 aliphatic heterocycles. The van der Waals surface area contributed by atoms with Crippen LogP contribution in [0.1, 0.15) is 58.8 Å². The van der Waals surface area contributed by atoms with E-state index in [1.165, 1.54) is 38.5 Å². The van der Waals surface area contributed by atoms with E-state index in [4.69, 9.17) is 4.89 Å². The fourth-order valence-electron chi connectivity index (χ4n) is 5.86. The van der Waals surface area contributed by atoms with Gasteiger partial charge in [-0.1, -0.05) is 13.8 Å². The van der Waals surface area contributed by atoms with E-state index in [1.807, 2.05) is 0 Å². The van der Waals surface area contributed by atoms with Crippen molar-refractivity contribution >= 4 is 0 Å². The maximum Gasteiger partial charge on any atom is 0.106 e. The van der Waals surface area contributed by atoms with Crippen LogP contribution in [-0.2, 0) is 4.89 Å². The van der Waals surface area contributed by atoms with Crippen molar-refractivity contribution in [3.8, 4) is 0 Å². The van der Waals surface area contributed by atoms with Gasteiger partial charge in [0.15, 0.2) is 0 Å². The molecular formula is C16H28O3. The monoisotopic (exact) mass is 268 g/mol. The fraction of sp³-hybridized carbons (Fsp3) is 1.00. The smallest absolute Gasteiger partial charge is 0.106 e. The van der Waals surface area contributed by atoms with Gasteiger partial charge in [-0.15, -0.1) is 0 Å². The molecule has 0 saturated heterocycles. The lowest BCUT2D eigenvalue weighted by Crippen LogP contribution is -2.57. The van der Waals surface area contributed by atoms with Gasteiger partial charge in [0.25, 0.3) is 0 Å². The van der Waals surface area contributed by atoms with Gasteiger partial charge in [0.05, 0.1) is 6.61 Å². The van der Waals surface area contributed by atoms with Crippen molar-refractivity contribution in [3.63, 3.8) is 0 Å². The van der Waals surface area contributed by atoms with E-state index in [1.54, 1.807) is 0 Å². The van der Waals surface area contributed by atoms with Crippen LogP contribution in [0.5, 0.6) is 0 Å². The maximum absolute atomic E-state index is 9.80. The van der Waals surface area contributed by atoms with Gasteiger partial charge in [-0.05, 0) is 62.7 Å². The molecule has 4 rings (SSSR count). The van der Waals surface area contributed by atoms with Crippen LogP contribution in [0.2, 0.25) is 0 Å². The summed E-state index contributed by atoms with van der Waals surface area (Å²) in [6.45, 7) is 4.24. The van der Waals surface area contributed by atoms with E-state index < -0.39 is 0 Å². The maximum atomic E-state index is 9.80. The molecule has 0 radical (unpaired) electrons. The lowest BCUT2D eigenvalue weighted by Gasteiger charge is -2.60. The molecular weight excluding hydrogens is 240 g/mol. The molecule has 3 heteroatoms. The minimum atomic E-state index is -0.319. The van der Waals surface area contributed by atoms with Gasteiger partial charge in [-0.2, -0.15) is 0 Å². The second kappa shape index (κ2) is 4.71. The largest absolute Gasteiger partial charge is 0.396 e. The van der Waals surface area contributed by atoms with Crippen molar-refractivity contribution in [1.82, 2.24) is 0 Å². The average molecular weight is 268 g/mol. The second-order valence-corrected chi connectivity index (χ2v) is 7.93. The Kier molecular flexibility index (Phi) is 3.43. The molecule has 0 amide bonds. The molecule has 4 aliphatic carbocycles. The number of hydrogen-bond acceptors (Lipinski definition) is 3. The molecule has 0 heterocycles. The first kappa shape index (κ1) is 13.8. The Balaban J connectivity index is 1.90. The highest BCUT2D eigenvalue weighted by atomic mass is 17.1. The third-order valence-corrected chi connectivity index (χ3v) is 6.55. The zero-order valence-corrected chi connectivity index (χ0v) is 12.3. The van der Waals surface area contributed by atoms with Crippen LogP contribution in [0, 0.1) is 28.6 Å². The van der Waals surface area contributed by atoms with Gasteiger partial charge < -0.3 is 5.11 Å². The van der Waals surface area contributed by atoms with Crippen molar-refractivity contribution < 1.29 is 15.3 Å². The van der Waals surface area contributed by atoms with Crippen molar-refractivity contribution in [1.29, 1.82) is 0 Å². The molecule has 0 aromatic heterocycles. The van der Waals surface area contributed by atoms with Gasteiger partial charge in [-0.25, -0.2) is 4.89 Å². The molecule has 2 atom stereocenters. The van der Waals surface area contributed by atoms with Crippen molar-refractivity contribution in [2.75, 3.05) is 6.61 Å². The summed E-state index contributed by atoms with van der Waals surface area (Å²) in [6.07, 6.45) is 8.39. The molecule has 2 N–H and O–H groups in total. The van der Waals surface area contributed by atoms with Crippen LogP contribution < -0.4 is 0 Å². The average Bonchev–Trinajstić information content (AvgIpc) is 2.37. The van der Waals surface area contributed by atoms with Crippen LogP contribution in [0.3, 0.4) is 0 Å². The number of aliphatic hydroxyl groups excluding tert-OH is 1. The molecule has 110 valence electrons. The third-order valence-electron chi connectivity index (χ3n) is 6.55. The number of hydrogen-bond donors (Lipinski definition) is 2.